The van der Waals surface area contributed by atoms with Crippen LogP contribution in [0.15, 0.2) is 44.9 Å². The lowest BCUT2D eigenvalue weighted by Crippen LogP contribution is -2.21. The fourth-order valence-electron chi connectivity index (χ4n) is 3.15. The largest absolute Gasteiger partial charge is 0.350 e. The van der Waals surface area contributed by atoms with E-state index in [0.717, 1.165) is 43.4 Å². The van der Waals surface area contributed by atoms with Gasteiger partial charge < -0.3 is 0 Å². The van der Waals surface area contributed by atoms with Crippen LogP contribution in [-0.2, 0) is 20.0 Å². The third-order valence-electron chi connectivity index (χ3n) is 4.69. The maximum atomic E-state index is 12.5. The number of benzene rings is 1. The van der Waals surface area contributed by atoms with Gasteiger partial charge >= 0.3 is 11.4 Å². The Morgan fingerprint density at radius 3 is 2.63 bits per heavy atom. The van der Waals surface area contributed by atoms with Crippen LogP contribution in [0.5, 0.6) is 0 Å². The molecule has 144 valence electrons. The summed E-state index contributed by atoms with van der Waals surface area (Å²) in [7, 11) is 1.65. The van der Waals surface area contributed by atoms with Crippen LogP contribution in [0.25, 0.3) is 11.2 Å². The first kappa shape index (κ1) is 19.5. The number of hydrogen-bond acceptors (Lipinski definition) is 4. The smallest absolute Gasteiger partial charge is 0.291 e. The number of unbranched alkanes of at least 4 members (excludes halogenated alkanes) is 3. The molecule has 27 heavy (non-hydrogen) atoms. The van der Waals surface area contributed by atoms with Crippen molar-refractivity contribution in [3.05, 3.63) is 56.9 Å². The molecule has 0 atom stereocenters. The van der Waals surface area contributed by atoms with Crippen molar-refractivity contribution in [2.75, 3.05) is 5.75 Å². The molecular formula is C20H26N4O2S. The molecule has 6 nitrogen and oxygen atoms in total. The van der Waals surface area contributed by atoms with Gasteiger partial charge in [0.2, 0.25) is 0 Å². The van der Waals surface area contributed by atoms with E-state index in [0.29, 0.717) is 17.2 Å². The van der Waals surface area contributed by atoms with Gasteiger partial charge in [0.25, 0.3) is 0 Å². The SMILES string of the molecule is CCCCCCn1c(=O)[nH]c2c1c(SCCc1ccccc1)nc(=O)n2C. The number of aryl methyl sites for hydroxylation is 3. The lowest BCUT2D eigenvalue weighted by atomic mass is 10.2. The zero-order chi connectivity index (χ0) is 19.2. The van der Waals surface area contributed by atoms with Crippen molar-refractivity contribution in [3.63, 3.8) is 0 Å². The van der Waals surface area contributed by atoms with Gasteiger partial charge in [-0.1, -0.05) is 56.5 Å². The molecule has 0 aliphatic rings. The quantitative estimate of drug-likeness (QED) is 0.348. The average molecular weight is 387 g/mol. The van der Waals surface area contributed by atoms with Crippen LogP contribution in [0.3, 0.4) is 0 Å². The van der Waals surface area contributed by atoms with Crippen molar-refractivity contribution in [2.24, 2.45) is 7.05 Å². The number of nitrogens with zero attached hydrogens (tertiary/aromatic N) is 3. The summed E-state index contributed by atoms with van der Waals surface area (Å²) in [6, 6.07) is 10.2. The summed E-state index contributed by atoms with van der Waals surface area (Å²) in [5, 5.41) is 0.637. The third kappa shape index (κ3) is 4.53. The highest BCUT2D eigenvalue weighted by atomic mass is 32.2. The summed E-state index contributed by atoms with van der Waals surface area (Å²) in [4.78, 5) is 31.8. The number of imidazole rings is 1. The number of aromatic amines is 1. The average Bonchev–Trinajstić information content (AvgIpc) is 3.00. The number of nitrogens with one attached hydrogen (secondary N) is 1. The minimum absolute atomic E-state index is 0.172. The first-order valence-corrected chi connectivity index (χ1v) is 10.5. The topological polar surface area (TPSA) is 72.7 Å². The predicted octanol–water partition coefficient (Wildman–Crippen LogP) is 3.34. The zero-order valence-corrected chi connectivity index (χ0v) is 16.7. The molecule has 0 bridgehead atoms. The fraction of sp³-hybridized carbons (Fsp3) is 0.450. The fourth-order valence-corrected chi connectivity index (χ4v) is 4.17. The second kappa shape index (κ2) is 9.08. The monoisotopic (exact) mass is 386 g/mol. The Balaban J connectivity index is 1.87. The molecule has 0 amide bonds. The van der Waals surface area contributed by atoms with Crippen LogP contribution < -0.4 is 11.4 Å². The van der Waals surface area contributed by atoms with E-state index in [2.05, 4.69) is 29.0 Å². The van der Waals surface area contributed by atoms with E-state index in [1.807, 2.05) is 18.2 Å². The molecule has 0 spiro atoms. The summed E-state index contributed by atoms with van der Waals surface area (Å²) >= 11 is 1.53. The molecule has 1 N–H and O–H groups in total. The van der Waals surface area contributed by atoms with E-state index < -0.39 is 0 Å². The van der Waals surface area contributed by atoms with E-state index >= 15 is 0 Å². The van der Waals surface area contributed by atoms with Crippen molar-refractivity contribution in [1.29, 1.82) is 0 Å². The van der Waals surface area contributed by atoms with Crippen molar-refractivity contribution in [1.82, 2.24) is 19.1 Å². The highest BCUT2D eigenvalue weighted by molar-refractivity contribution is 7.99. The van der Waals surface area contributed by atoms with Crippen molar-refractivity contribution >= 4 is 22.9 Å². The Hall–Kier alpha value is -2.28. The van der Waals surface area contributed by atoms with Gasteiger partial charge in [-0.3, -0.25) is 14.1 Å². The predicted molar refractivity (Wildman–Crippen MR) is 111 cm³/mol. The molecule has 1 aromatic carbocycles. The molecule has 0 fully saturated rings. The summed E-state index contributed by atoms with van der Waals surface area (Å²) in [6.07, 6.45) is 5.23. The minimum atomic E-state index is -0.343. The Kier molecular flexibility index (Phi) is 6.55. The van der Waals surface area contributed by atoms with Gasteiger partial charge in [0.15, 0.2) is 0 Å². The molecule has 7 heteroatoms. The molecule has 0 saturated heterocycles. The normalized spacial score (nSPS) is 11.3. The lowest BCUT2D eigenvalue weighted by Gasteiger charge is -2.09. The Morgan fingerprint density at radius 2 is 1.89 bits per heavy atom. The second-order valence-corrected chi connectivity index (χ2v) is 7.77. The molecular weight excluding hydrogens is 360 g/mol. The minimum Gasteiger partial charge on any atom is -0.291 e. The Labute approximate surface area is 162 Å². The summed E-state index contributed by atoms with van der Waals surface area (Å²) in [5.74, 6) is 0.800. The molecule has 0 aliphatic carbocycles. The molecule has 0 unspecified atom stereocenters. The van der Waals surface area contributed by atoms with Crippen LogP contribution in [0, 0.1) is 0 Å². The number of hydrogen-bond donors (Lipinski definition) is 1. The number of aromatic nitrogens is 4. The van der Waals surface area contributed by atoms with Crippen LogP contribution in [0.2, 0.25) is 0 Å². The maximum absolute atomic E-state index is 12.5. The molecule has 3 rings (SSSR count). The summed E-state index contributed by atoms with van der Waals surface area (Å²) in [6.45, 7) is 2.81. The van der Waals surface area contributed by atoms with Gasteiger partial charge in [0.1, 0.15) is 16.2 Å². The maximum Gasteiger partial charge on any atom is 0.350 e. The highest BCUT2D eigenvalue weighted by Gasteiger charge is 2.16. The number of H-pyrrole nitrogens is 1. The van der Waals surface area contributed by atoms with Crippen LogP contribution in [0.1, 0.15) is 38.2 Å². The van der Waals surface area contributed by atoms with Gasteiger partial charge in [-0.25, -0.2) is 9.59 Å². The van der Waals surface area contributed by atoms with Crippen LogP contribution >= 0.6 is 11.8 Å². The van der Waals surface area contributed by atoms with Crippen molar-refractivity contribution < 1.29 is 0 Å². The van der Waals surface area contributed by atoms with Crippen molar-refractivity contribution in [3.8, 4) is 0 Å². The number of thioether (sulfide) groups is 1. The van der Waals surface area contributed by atoms with Gasteiger partial charge in [0, 0.05) is 19.3 Å². The van der Waals surface area contributed by atoms with E-state index in [9.17, 15) is 9.59 Å². The van der Waals surface area contributed by atoms with Crippen molar-refractivity contribution in [2.45, 2.75) is 50.6 Å². The third-order valence-corrected chi connectivity index (χ3v) is 5.66. The first-order chi connectivity index (χ1) is 13.1. The molecule has 0 radical (unpaired) electrons. The van der Waals surface area contributed by atoms with Gasteiger partial charge in [-0.05, 0) is 18.4 Å². The van der Waals surface area contributed by atoms with Crippen LogP contribution in [-0.4, -0.2) is 24.9 Å². The molecule has 0 saturated carbocycles. The standard InChI is InChI=1S/C20H26N4O2S/c1-3-4-5-9-13-24-16-17(21-20(24)26)23(2)19(25)22-18(16)27-14-12-15-10-7-6-8-11-15/h6-8,10-11H,3-5,9,12-14H2,1-2H3,(H,21,26). The van der Waals surface area contributed by atoms with E-state index in [1.165, 1.54) is 21.9 Å². The zero-order valence-electron chi connectivity index (χ0n) is 15.9. The molecule has 3 aromatic rings. The lowest BCUT2D eigenvalue weighted by molar-refractivity contribution is 0.579. The first-order valence-electron chi connectivity index (χ1n) is 9.48. The highest BCUT2D eigenvalue weighted by Crippen LogP contribution is 2.24. The Bertz CT molecular complexity index is 1000. The molecule has 0 aliphatic heterocycles. The Morgan fingerprint density at radius 1 is 1.11 bits per heavy atom. The molecule has 2 heterocycles. The van der Waals surface area contributed by atoms with Gasteiger partial charge in [-0.2, -0.15) is 4.98 Å². The van der Waals surface area contributed by atoms with Crippen LogP contribution in [0.4, 0.5) is 0 Å². The number of rotatable bonds is 9. The summed E-state index contributed by atoms with van der Waals surface area (Å²) in [5.41, 5.74) is 2.03. The van der Waals surface area contributed by atoms with E-state index in [4.69, 9.17) is 0 Å². The van der Waals surface area contributed by atoms with E-state index in [1.54, 1.807) is 11.6 Å². The van der Waals surface area contributed by atoms with Gasteiger partial charge in [-0.15, -0.1) is 11.8 Å². The number of fused-ring (bicyclic) bond motifs is 1. The second-order valence-electron chi connectivity index (χ2n) is 6.68. The summed E-state index contributed by atoms with van der Waals surface area (Å²) < 4.78 is 3.16. The molecule has 2 aromatic heterocycles. The van der Waals surface area contributed by atoms with Gasteiger partial charge in [0.05, 0.1) is 0 Å². The van der Waals surface area contributed by atoms with E-state index in [-0.39, 0.29) is 11.4 Å².